The molecule has 0 bridgehead atoms. The maximum absolute atomic E-state index is 12.7. The smallest absolute Gasteiger partial charge is 0.256 e. The summed E-state index contributed by atoms with van der Waals surface area (Å²) < 4.78 is 31.9. The molecule has 0 saturated carbocycles. The largest absolute Gasteiger partial charge is 0.504 e. The molecule has 0 saturated heterocycles. The highest BCUT2D eigenvalue weighted by Crippen LogP contribution is 2.40. The molecule has 9 nitrogen and oxygen atoms in total. The van der Waals surface area contributed by atoms with Crippen LogP contribution in [-0.4, -0.2) is 42.6 Å². The van der Waals surface area contributed by atoms with Crippen LogP contribution < -0.4 is 11.1 Å². The van der Waals surface area contributed by atoms with Gasteiger partial charge in [-0.1, -0.05) is 34.6 Å². The number of nitrogens with two attached hydrogens (primary N) is 1. The molecule has 0 aliphatic carbocycles. The van der Waals surface area contributed by atoms with Gasteiger partial charge in [-0.25, -0.2) is 13.4 Å². The molecule has 0 amide bonds. The molecule has 2 aromatic rings. The molecule has 0 unspecified atom stereocenters. The Morgan fingerprint density at radius 3 is 2.52 bits per heavy atom. The lowest BCUT2D eigenvalue weighted by molar-refractivity contribution is 0.434. The molecule has 2 aromatic heterocycles. The summed E-state index contributed by atoms with van der Waals surface area (Å²) in [6.45, 7) is 10.0. The van der Waals surface area contributed by atoms with Crippen molar-refractivity contribution < 1.29 is 17.9 Å². The van der Waals surface area contributed by atoms with E-state index in [0.717, 1.165) is 16.9 Å². The fourth-order valence-corrected chi connectivity index (χ4v) is 5.73. The molecule has 2 rings (SSSR count). The van der Waals surface area contributed by atoms with Crippen LogP contribution in [0, 0.1) is 0 Å². The first-order chi connectivity index (χ1) is 14.6. The minimum absolute atomic E-state index is 0.0327. The molecule has 0 aliphatic heterocycles. The van der Waals surface area contributed by atoms with Crippen molar-refractivity contribution in [2.75, 3.05) is 13.1 Å². The van der Waals surface area contributed by atoms with E-state index in [2.05, 4.69) is 24.2 Å². The van der Waals surface area contributed by atoms with E-state index in [9.17, 15) is 18.9 Å². The number of aliphatic imine (C=N–C) groups is 1. The maximum atomic E-state index is 12.7. The van der Waals surface area contributed by atoms with Crippen molar-refractivity contribution in [3.63, 3.8) is 0 Å². The quantitative estimate of drug-likeness (QED) is 0.376. The van der Waals surface area contributed by atoms with Gasteiger partial charge in [0, 0.05) is 24.5 Å². The van der Waals surface area contributed by atoms with E-state index in [0.29, 0.717) is 18.1 Å². The molecule has 4 N–H and O–H groups in total. The Morgan fingerprint density at radius 2 is 2.00 bits per heavy atom. The number of nitrogens with zero attached hydrogens (tertiary/aromatic N) is 3. The highest BCUT2D eigenvalue weighted by Gasteiger charge is 2.28. The number of furan rings is 1. The van der Waals surface area contributed by atoms with Crippen molar-refractivity contribution >= 4 is 38.7 Å². The molecule has 0 radical (unpaired) electrons. The predicted octanol–water partition coefficient (Wildman–Crippen LogP) is 3.90. The lowest BCUT2D eigenvalue weighted by Crippen LogP contribution is -2.37. The van der Waals surface area contributed by atoms with E-state index in [1.807, 2.05) is 13.0 Å². The second-order valence-corrected chi connectivity index (χ2v) is 10.2. The average Bonchev–Trinajstić information content (AvgIpc) is 3.34. The van der Waals surface area contributed by atoms with E-state index < -0.39 is 21.6 Å². The molecule has 0 spiro atoms. The number of thiophene rings is 1. The lowest BCUT2D eigenvalue weighted by Gasteiger charge is -2.24. The van der Waals surface area contributed by atoms with Crippen molar-refractivity contribution in [1.82, 2.24) is 9.62 Å². The number of rotatable bonds is 9. The summed E-state index contributed by atoms with van der Waals surface area (Å²) in [5.74, 6) is -0.214. The van der Waals surface area contributed by atoms with E-state index in [-0.39, 0.29) is 34.9 Å². The van der Waals surface area contributed by atoms with E-state index in [1.54, 1.807) is 20.1 Å². The number of aromatic hydroxyl groups is 1. The molecule has 1 atom stereocenters. The molecule has 31 heavy (non-hydrogen) atoms. The Labute approximate surface area is 187 Å². The Balaban J connectivity index is 2.22. The normalized spacial score (nSPS) is 13.7. The summed E-state index contributed by atoms with van der Waals surface area (Å²) in [6.07, 6.45) is 2.29. The molecule has 11 heteroatoms. The molecule has 0 fully saturated rings. The SMILES string of the molecule is CC[C@@H](NC(=[N-])C(N)=Nc1csc(S(=O)(=O)N(CC)CC)c1O)c1cc(C(C)C)co1. The lowest BCUT2D eigenvalue weighted by atomic mass is 10.1. The van der Waals surface area contributed by atoms with Gasteiger partial charge in [0.15, 0.2) is 9.96 Å². The van der Waals surface area contributed by atoms with Gasteiger partial charge in [0.2, 0.25) is 0 Å². The summed E-state index contributed by atoms with van der Waals surface area (Å²) in [7, 11) is -3.84. The van der Waals surface area contributed by atoms with Gasteiger partial charge in [-0.3, -0.25) is 0 Å². The predicted molar refractivity (Wildman–Crippen MR) is 125 cm³/mol. The van der Waals surface area contributed by atoms with E-state index >= 15 is 0 Å². The van der Waals surface area contributed by atoms with E-state index in [4.69, 9.17) is 10.2 Å². The van der Waals surface area contributed by atoms with Crippen molar-refractivity contribution in [2.24, 2.45) is 10.7 Å². The number of amidine groups is 2. The second-order valence-electron chi connectivity index (χ2n) is 7.23. The molecular weight excluding hydrogens is 438 g/mol. The second kappa shape index (κ2) is 10.3. The number of hydrogen-bond acceptors (Lipinski definition) is 6. The Morgan fingerprint density at radius 1 is 1.35 bits per heavy atom. The summed E-state index contributed by atoms with van der Waals surface area (Å²) >= 11 is 0.848. The van der Waals surface area contributed by atoms with Gasteiger partial charge in [0.1, 0.15) is 17.3 Å². The van der Waals surface area contributed by atoms with Gasteiger partial charge >= 0.3 is 0 Å². The topological polar surface area (TPSA) is 143 Å². The summed E-state index contributed by atoms with van der Waals surface area (Å²) in [4.78, 5) is 4.01. The molecule has 0 aliphatic rings. The first-order valence-corrected chi connectivity index (χ1v) is 12.4. The summed E-state index contributed by atoms with van der Waals surface area (Å²) in [6, 6.07) is 1.58. The van der Waals surface area contributed by atoms with Crippen LogP contribution in [0.15, 0.2) is 31.3 Å². The molecule has 0 aromatic carbocycles. The minimum atomic E-state index is -3.84. The Bertz CT molecular complexity index is 1040. The first kappa shape index (κ1) is 24.9. The van der Waals surface area contributed by atoms with Gasteiger partial charge in [-0.05, 0) is 29.8 Å². The van der Waals surface area contributed by atoms with Gasteiger partial charge in [0.05, 0.1) is 6.26 Å². The highest BCUT2D eigenvalue weighted by atomic mass is 32.2. The van der Waals surface area contributed by atoms with Crippen molar-refractivity contribution in [2.45, 2.75) is 57.2 Å². The van der Waals surface area contributed by atoms with Crippen LogP contribution in [0.2, 0.25) is 0 Å². The fraction of sp³-hybridized carbons (Fsp3) is 0.500. The third-order valence-corrected chi connectivity index (χ3v) is 8.37. The number of nitrogens with one attached hydrogen (secondary N) is 1. The van der Waals surface area contributed by atoms with Crippen LogP contribution in [0.1, 0.15) is 64.3 Å². The van der Waals surface area contributed by atoms with Crippen LogP contribution in [0.25, 0.3) is 5.41 Å². The standard InChI is InChI=1S/C20H30N5O4S2/c1-6-14(16-9-13(10-29-16)12(4)5)23-18(21)19(22)24-15-11-30-20(17(15)26)31(27,28)25(7-2)8-3/h9-12,14H,6-8H2,1-5H3,(H4-,21,22,23,24,26)/q-1/t14-/m1/s1. The monoisotopic (exact) mass is 468 g/mol. The van der Waals surface area contributed by atoms with Gasteiger partial charge < -0.3 is 26.0 Å². The summed E-state index contributed by atoms with van der Waals surface area (Å²) in [5.41, 5.74) is 6.90. The third kappa shape index (κ3) is 5.46. The minimum Gasteiger partial charge on any atom is -0.504 e. The third-order valence-electron chi connectivity index (χ3n) is 4.85. The Hall–Kier alpha value is -2.37. The van der Waals surface area contributed by atoms with Crippen LogP contribution >= 0.6 is 11.3 Å². The zero-order chi connectivity index (χ0) is 23.3. The van der Waals surface area contributed by atoms with Crippen molar-refractivity contribution in [3.8, 4) is 5.75 Å². The number of hydrogen-bond donors (Lipinski definition) is 3. The van der Waals surface area contributed by atoms with Crippen LogP contribution in [0.4, 0.5) is 5.69 Å². The van der Waals surface area contributed by atoms with Crippen molar-refractivity contribution in [3.05, 3.63) is 34.4 Å². The zero-order valence-corrected chi connectivity index (χ0v) is 20.0. The van der Waals surface area contributed by atoms with Gasteiger partial charge in [-0.15, -0.1) is 11.3 Å². The highest BCUT2D eigenvalue weighted by molar-refractivity contribution is 7.91. The van der Waals surface area contributed by atoms with Crippen LogP contribution in [0.3, 0.4) is 0 Å². The molecule has 2 heterocycles. The molecule has 172 valence electrons. The van der Waals surface area contributed by atoms with Gasteiger partial charge in [-0.2, -0.15) is 4.31 Å². The average molecular weight is 469 g/mol. The van der Waals surface area contributed by atoms with Crippen LogP contribution in [-0.2, 0) is 10.0 Å². The fourth-order valence-electron chi connectivity index (χ4n) is 2.92. The first-order valence-electron chi connectivity index (χ1n) is 10.1. The molecular formula is C20H30N5O4S2-. The number of sulfonamides is 1. The maximum Gasteiger partial charge on any atom is 0.256 e. The summed E-state index contributed by atoms with van der Waals surface area (Å²) in [5, 5.41) is 25.0. The Kier molecular flexibility index (Phi) is 8.27. The van der Waals surface area contributed by atoms with Crippen molar-refractivity contribution in [1.29, 1.82) is 0 Å². The zero-order valence-electron chi connectivity index (χ0n) is 18.4. The van der Waals surface area contributed by atoms with Crippen LogP contribution in [0.5, 0.6) is 5.75 Å². The van der Waals surface area contributed by atoms with Gasteiger partial charge in [0.25, 0.3) is 10.0 Å². The van der Waals surface area contributed by atoms with E-state index in [1.165, 1.54) is 9.69 Å².